The first-order valence-corrected chi connectivity index (χ1v) is 9.80. The van der Waals surface area contributed by atoms with Crippen LogP contribution in [-0.4, -0.2) is 43.9 Å². The number of amides is 1. The minimum Gasteiger partial charge on any atom is -0.497 e. The Balaban J connectivity index is 1.51. The predicted octanol–water partition coefficient (Wildman–Crippen LogP) is 3.15. The molecule has 3 aromatic rings. The van der Waals surface area contributed by atoms with Gasteiger partial charge in [0.25, 0.3) is 0 Å². The van der Waals surface area contributed by atoms with Gasteiger partial charge in [0, 0.05) is 30.5 Å². The second kappa shape index (κ2) is 10.5. The molecule has 1 aromatic heterocycles. The smallest absolute Gasteiger partial charge is 0.220 e. The Morgan fingerprint density at radius 3 is 2.45 bits per heavy atom. The molecule has 164 valence electrons. The summed E-state index contributed by atoms with van der Waals surface area (Å²) in [7, 11) is 4.68. The van der Waals surface area contributed by atoms with Crippen molar-refractivity contribution >= 4 is 5.91 Å². The summed E-state index contributed by atoms with van der Waals surface area (Å²) in [6, 6.07) is 12.6. The number of hydrogen-bond acceptors (Lipinski definition) is 7. The Kier molecular flexibility index (Phi) is 7.50. The van der Waals surface area contributed by atoms with Crippen molar-refractivity contribution in [2.45, 2.75) is 18.9 Å². The van der Waals surface area contributed by atoms with Crippen LogP contribution in [-0.2, 0) is 11.2 Å². The zero-order valence-electron chi connectivity index (χ0n) is 17.8. The van der Waals surface area contributed by atoms with Crippen molar-refractivity contribution in [2.24, 2.45) is 0 Å². The Bertz CT molecular complexity index is 1000. The van der Waals surface area contributed by atoms with Gasteiger partial charge >= 0.3 is 0 Å². The maximum atomic E-state index is 12.2. The Morgan fingerprint density at radius 2 is 1.77 bits per heavy atom. The average Bonchev–Trinajstić information content (AvgIpc) is 3.29. The minimum absolute atomic E-state index is 0.0467. The number of carbonyl (C=O) groups is 1. The highest BCUT2D eigenvalue weighted by Gasteiger charge is 2.16. The van der Waals surface area contributed by atoms with E-state index in [1.54, 1.807) is 38.6 Å². The molecule has 1 amide bonds. The molecule has 2 N–H and O–H groups in total. The van der Waals surface area contributed by atoms with Gasteiger partial charge in [0.05, 0.1) is 33.6 Å². The number of aryl methyl sites for hydroxylation is 1. The highest BCUT2D eigenvalue weighted by Crippen LogP contribution is 2.29. The first-order valence-electron chi connectivity index (χ1n) is 9.80. The summed E-state index contributed by atoms with van der Waals surface area (Å²) in [6.07, 6.45) is 1.23. The Labute approximate surface area is 180 Å². The van der Waals surface area contributed by atoms with Gasteiger partial charge in [-0.3, -0.25) is 4.79 Å². The monoisotopic (exact) mass is 426 g/mol. The molecule has 3 rings (SSSR count). The summed E-state index contributed by atoms with van der Waals surface area (Å²) in [6.45, 7) is 0.0467. The van der Waals surface area contributed by atoms with E-state index in [-0.39, 0.29) is 18.9 Å². The molecule has 0 saturated carbocycles. The fraction of sp³-hybridized carbons (Fsp3) is 0.304. The number of methoxy groups -OCH3 is 3. The normalized spacial score (nSPS) is 11.6. The van der Waals surface area contributed by atoms with Gasteiger partial charge in [0.1, 0.15) is 17.2 Å². The van der Waals surface area contributed by atoms with E-state index >= 15 is 0 Å². The van der Waals surface area contributed by atoms with E-state index in [0.29, 0.717) is 35.1 Å². The maximum Gasteiger partial charge on any atom is 0.220 e. The molecule has 0 spiro atoms. The average molecular weight is 426 g/mol. The van der Waals surface area contributed by atoms with Gasteiger partial charge in [-0.1, -0.05) is 0 Å². The molecule has 1 unspecified atom stereocenters. The molecule has 0 saturated heterocycles. The molecule has 8 heteroatoms. The molecule has 0 fully saturated rings. The van der Waals surface area contributed by atoms with Crippen LogP contribution < -0.4 is 19.5 Å². The number of nitrogens with zero attached hydrogens (tertiary/aromatic N) is 1. The van der Waals surface area contributed by atoms with Crippen LogP contribution in [0.25, 0.3) is 11.3 Å². The van der Waals surface area contributed by atoms with E-state index in [0.717, 1.165) is 11.3 Å². The van der Waals surface area contributed by atoms with Crippen molar-refractivity contribution in [1.29, 1.82) is 0 Å². The number of benzene rings is 2. The third-order valence-electron chi connectivity index (χ3n) is 4.78. The van der Waals surface area contributed by atoms with E-state index in [1.165, 1.54) is 7.11 Å². The van der Waals surface area contributed by atoms with Crippen molar-refractivity contribution in [3.63, 3.8) is 0 Å². The van der Waals surface area contributed by atoms with Crippen LogP contribution in [0.2, 0.25) is 0 Å². The molecule has 0 aliphatic rings. The van der Waals surface area contributed by atoms with Crippen LogP contribution in [0.4, 0.5) is 0 Å². The summed E-state index contributed by atoms with van der Waals surface area (Å²) < 4.78 is 21.3. The van der Waals surface area contributed by atoms with Gasteiger partial charge in [0.15, 0.2) is 11.7 Å². The first-order chi connectivity index (χ1) is 15.0. The lowest BCUT2D eigenvalue weighted by molar-refractivity contribution is -0.121. The van der Waals surface area contributed by atoms with Crippen molar-refractivity contribution in [3.8, 4) is 28.6 Å². The molecule has 1 atom stereocenters. The maximum absolute atomic E-state index is 12.2. The first kappa shape index (κ1) is 22.2. The lowest BCUT2D eigenvalue weighted by atomic mass is 10.1. The second-order valence-corrected chi connectivity index (χ2v) is 6.77. The van der Waals surface area contributed by atoms with Crippen LogP contribution in [0, 0.1) is 0 Å². The zero-order chi connectivity index (χ0) is 22.2. The molecule has 0 bridgehead atoms. The molecular weight excluding hydrogens is 400 g/mol. The topological polar surface area (TPSA) is 103 Å². The van der Waals surface area contributed by atoms with Crippen molar-refractivity contribution in [1.82, 2.24) is 10.3 Å². The number of rotatable bonds is 10. The number of ether oxygens (including phenoxy) is 3. The standard InChI is InChI=1S/C23H26N2O6/c1-28-16-6-4-15(5-7-16)21-14-25-23(31-21)11-10-22(27)24-13-19(26)18-12-17(29-2)8-9-20(18)30-3/h4-9,12,14,19,26H,10-11,13H2,1-3H3,(H,24,27). The van der Waals surface area contributed by atoms with Crippen molar-refractivity contribution < 1.29 is 28.5 Å². The Morgan fingerprint density at radius 1 is 1.06 bits per heavy atom. The molecule has 0 aliphatic carbocycles. The van der Waals surface area contributed by atoms with E-state index < -0.39 is 6.10 Å². The fourth-order valence-electron chi connectivity index (χ4n) is 3.04. The third kappa shape index (κ3) is 5.76. The largest absolute Gasteiger partial charge is 0.497 e. The van der Waals surface area contributed by atoms with E-state index in [9.17, 15) is 9.90 Å². The number of carbonyl (C=O) groups excluding carboxylic acids is 1. The van der Waals surface area contributed by atoms with Gasteiger partial charge in [-0.2, -0.15) is 0 Å². The quantitative estimate of drug-likeness (QED) is 0.513. The van der Waals surface area contributed by atoms with Crippen LogP contribution in [0.1, 0.15) is 24.0 Å². The van der Waals surface area contributed by atoms with Gasteiger partial charge in [-0.05, 0) is 42.5 Å². The molecule has 8 nitrogen and oxygen atoms in total. The number of nitrogens with one attached hydrogen (secondary N) is 1. The van der Waals surface area contributed by atoms with Gasteiger partial charge in [0.2, 0.25) is 5.91 Å². The van der Waals surface area contributed by atoms with E-state index in [1.807, 2.05) is 24.3 Å². The summed E-state index contributed by atoms with van der Waals surface area (Å²) in [4.78, 5) is 16.4. The van der Waals surface area contributed by atoms with Crippen molar-refractivity contribution in [3.05, 3.63) is 60.1 Å². The highest BCUT2D eigenvalue weighted by atomic mass is 16.5. The number of aliphatic hydroxyl groups excluding tert-OH is 1. The number of aromatic nitrogens is 1. The SMILES string of the molecule is COc1ccc(-c2cnc(CCC(=O)NCC(O)c3cc(OC)ccc3OC)o2)cc1. The fourth-order valence-corrected chi connectivity index (χ4v) is 3.04. The molecule has 2 aromatic carbocycles. The summed E-state index contributed by atoms with van der Waals surface area (Å²) in [5.41, 5.74) is 1.42. The number of hydrogen-bond donors (Lipinski definition) is 2. The zero-order valence-corrected chi connectivity index (χ0v) is 17.8. The minimum atomic E-state index is -0.933. The molecular formula is C23H26N2O6. The van der Waals surface area contributed by atoms with Gasteiger partial charge in [-0.15, -0.1) is 0 Å². The summed E-state index contributed by atoms with van der Waals surface area (Å²) >= 11 is 0. The van der Waals surface area contributed by atoms with Crippen LogP contribution in [0.15, 0.2) is 53.1 Å². The third-order valence-corrected chi connectivity index (χ3v) is 4.78. The van der Waals surface area contributed by atoms with Crippen molar-refractivity contribution in [2.75, 3.05) is 27.9 Å². The Hall–Kier alpha value is -3.52. The molecule has 0 aliphatic heterocycles. The molecule has 31 heavy (non-hydrogen) atoms. The highest BCUT2D eigenvalue weighted by molar-refractivity contribution is 5.76. The number of oxazole rings is 1. The van der Waals surface area contributed by atoms with E-state index in [2.05, 4.69) is 10.3 Å². The van der Waals surface area contributed by atoms with Crippen LogP contribution in [0.3, 0.4) is 0 Å². The lowest BCUT2D eigenvalue weighted by Crippen LogP contribution is -2.28. The second-order valence-electron chi connectivity index (χ2n) is 6.77. The van der Waals surface area contributed by atoms with Gasteiger partial charge in [-0.25, -0.2) is 4.98 Å². The number of aliphatic hydroxyl groups is 1. The van der Waals surface area contributed by atoms with Gasteiger partial charge < -0.3 is 29.1 Å². The summed E-state index contributed by atoms with van der Waals surface area (Å²) in [5.74, 6) is 2.75. The molecule has 0 radical (unpaired) electrons. The lowest BCUT2D eigenvalue weighted by Gasteiger charge is -2.16. The summed E-state index contributed by atoms with van der Waals surface area (Å²) in [5, 5.41) is 13.2. The van der Waals surface area contributed by atoms with Crippen LogP contribution in [0.5, 0.6) is 17.2 Å². The van der Waals surface area contributed by atoms with Crippen LogP contribution >= 0.6 is 0 Å². The molecule has 1 heterocycles. The predicted molar refractivity (Wildman–Crippen MR) is 114 cm³/mol. The van der Waals surface area contributed by atoms with E-state index in [4.69, 9.17) is 18.6 Å².